The molecule has 60 valence electrons. The summed E-state index contributed by atoms with van der Waals surface area (Å²) in [5.74, 6) is 0. The molecule has 2 aromatic rings. The first-order chi connectivity index (χ1) is 5.81. The molecule has 0 fully saturated rings. The Hall–Kier alpha value is -1.35. The molecule has 0 saturated heterocycles. The lowest BCUT2D eigenvalue weighted by atomic mass is 10.3. The summed E-state index contributed by atoms with van der Waals surface area (Å²) < 4.78 is 0. The van der Waals surface area contributed by atoms with E-state index in [4.69, 9.17) is 11.6 Å². The molecule has 1 N–H and O–H groups in total. The molecule has 0 aliphatic rings. The van der Waals surface area contributed by atoms with Gasteiger partial charge in [0.15, 0.2) is 6.29 Å². The fourth-order valence-electron chi connectivity index (χ4n) is 1.05. The van der Waals surface area contributed by atoms with Crippen LogP contribution in [0.15, 0.2) is 18.3 Å². The number of pyridine rings is 1. The van der Waals surface area contributed by atoms with Crippen molar-refractivity contribution in [2.75, 3.05) is 0 Å². The number of fused-ring (bicyclic) bond motifs is 1. The summed E-state index contributed by atoms with van der Waals surface area (Å²) in [7, 11) is 0. The second-order valence-electron chi connectivity index (χ2n) is 2.39. The zero-order valence-electron chi connectivity index (χ0n) is 6.04. The Morgan fingerprint density at radius 2 is 2.42 bits per heavy atom. The van der Waals surface area contributed by atoms with Gasteiger partial charge in [0.1, 0.15) is 11.3 Å². The van der Waals surface area contributed by atoms with Crippen LogP contribution in [0, 0.1) is 0 Å². The van der Waals surface area contributed by atoms with Crippen LogP contribution in [-0.2, 0) is 0 Å². The molecule has 2 aromatic heterocycles. The number of aromatic amines is 1. The summed E-state index contributed by atoms with van der Waals surface area (Å²) in [4.78, 5) is 17.3. The zero-order valence-corrected chi connectivity index (χ0v) is 6.80. The van der Waals surface area contributed by atoms with Crippen LogP contribution in [-0.4, -0.2) is 16.3 Å². The SMILES string of the molecule is O=Cc1nc2[nH]ccc2cc1Cl. The maximum Gasteiger partial charge on any atom is 0.170 e. The Kier molecular flexibility index (Phi) is 1.59. The first-order valence-corrected chi connectivity index (χ1v) is 3.78. The lowest BCUT2D eigenvalue weighted by Gasteiger charge is -1.94. The van der Waals surface area contributed by atoms with Crippen LogP contribution in [0.3, 0.4) is 0 Å². The molecule has 4 heteroatoms. The van der Waals surface area contributed by atoms with Gasteiger partial charge in [-0.25, -0.2) is 4.98 Å². The van der Waals surface area contributed by atoms with Crippen molar-refractivity contribution in [3.63, 3.8) is 0 Å². The first kappa shape index (κ1) is 7.31. The standard InChI is InChI=1S/C8H5ClN2O/c9-6-3-5-1-2-10-8(5)11-7(6)4-12/h1-4H,(H,10,11). The molecule has 0 unspecified atom stereocenters. The summed E-state index contributed by atoms with van der Waals surface area (Å²) >= 11 is 5.75. The quantitative estimate of drug-likeness (QED) is 0.683. The minimum Gasteiger partial charge on any atom is -0.346 e. The van der Waals surface area contributed by atoms with Crippen molar-refractivity contribution in [1.82, 2.24) is 9.97 Å². The Bertz CT molecular complexity index is 436. The van der Waals surface area contributed by atoms with Gasteiger partial charge in [0.25, 0.3) is 0 Å². The number of carbonyl (C=O) groups excluding carboxylic acids is 1. The molecular weight excluding hydrogens is 176 g/mol. The Morgan fingerprint density at radius 3 is 3.17 bits per heavy atom. The highest BCUT2D eigenvalue weighted by Gasteiger charge is 2.03. The number of halogens is 1. The Labute approximate surface area is 73.4 Å². The van der Waals surface area contributed by atoms with E-state index in [-0.39, 0.29) is 5.69 Å². The van der Waals surface area contributed by atoms with Crippen molar-refractivity contribution < 1.29 is 4.79 Å². The summed E-state index contributed by atoms with van der Waals surface area (Å²) in [6.07, 6.45) is 2.39. The summed E-state index contributed by atoms with van der Waals surface area (Å²) in [5, 5.41) is 1.29. The van der Waals surface area contributed by atoms with Gasteiger partial charge in [-0.1, -0.05) is 11.6 Å². The van der Waals surface area contributed by atoms with Crippen molar-refractivity contribution in [3.8, 4) is 0 Å². The number of nitrogens with zero attached hydrogens (tertiary/aromatic N) is 1. The fourth-order valence-corrected chi connectivity index (χ4v) is 1.26. The van der Waals surface area contributed by atoms with Crippen LogP contribution >= 0.6 is 11.6 Å². The van der Waals surface area contributed by atoms with E-state index >= 15 is 0 Å². The van der Waals surface area contributed by atoms with E-state index in [1.807, 2.05) is 6.07 Å². The Morgan fingerprint density at radius 1 is 1.58 bits per heavy atom. The number of hydrogen-bond acceptors (Lipinski definition) is 2. The van der Waals surface area contributed by atoms with Gasteiger partial charge in [-0.15, -0.1) is 0 Å². The highest BCUT2D eigenvalue weighted by molar-refractivity contribution is 6.33. The number of aldehydes is 1. The molecule has 0 bridgehead atoms. The molecule has 0 atom stereocenters. The van der Waals surface area contributed by atoms with Gasteiger partial charge in [-0.3, -0.25) is 4.79 Å². The van der Waals surface area contributed by atoms with E-state index in [0.29, 0.717) is 17.0 Å². The van der Waals surface area contributed by atoms with Gasteiger partial charge >= 0.3 is 0 Å². The fraction of sp³-hybridized carbons (Fsp3) is 0. The number of nitrogens with one attached hydrogen (secondary N) is 1. The topological polar surface area (TPSA) is 45.8 Å². The van der Waals surface area contributed by atoms with Gasteiger partial charge in [0.2, 0.25) is 0 Å². The number of hydrogen-bond donors (Lipinski definition) is 1. The van der Waals surface area contributed by atoms with E-state index in [1.54, 1.807) is 12.3 Å². The van der Waals surface area contributed by atoms with Gasteiger partial charge in [-0.05, 0) is 12.1 Å². The third-order valence-electron chi connectivity index (χ3n) is 1.63. The van der Waals surface area contributed by atoms with E-state index < -0.39 is 0 Å². The predicted octanol–water partition coefficient (Wildman–Crippen LogP) is 2.03. The second kappa shape index (κ2) is 2.60. The lowest BCUT2D eigenvalue weighted by molar-refractivity contribution is 0.111. The number of carbonyl (C=O) groups is 1. The van der Waals surface area contributed by atoms with E-state index in [0.717, 1.165) is 5.39 Å². The second-order valence-corrected chi connectivity index (χ2v) is 2.80. The molecule has 2 rings (SSSR count). The molecule has 0 radical (unpaired) electrons. The predicted molar refractivity (Wildman–Crippen MR) is 46.5 cm³/mol. The highest BCUT2D eigenvalue weighted by Crippen LogP contribution is 2.18. The molecular formula is C8H5ClN2O. The molecule has 0 saturated carbocycles. The average molecular weight is 181 g/mol. The van der Waals surface area contributed by atoms with Crippen LogP contribution in [0.4, 0.5) is 0 Å². The Balaban J connectivity index is 2.81. The lowest BCUT2D eigenvalue weighted by Crippen LogP contribution is -1.88. The molecule has 0 spiro atoms. The van der Waals surface area contributed by atoms with Gasteiger partial charge in [0.05, 0.1) is 5.02 Å². The largest absolute Gasteiger partial charge is 0.346 e. The third kappa shape index (κ3) is 0.987. The third-order valence-corrected chi connectivity index (χ3v) is 1.93. The summed E-state index contributed by atoms with van der Waals surface area (Å²) in [6.45, 7) is 0. The van der Waals surface area contributed by atoms with Crippen LogP contribution < -0.4 is 0 Å². The average Bonchev–Trinajstić information content (AvgIpc) is 2.49. The minimum absolute atomic E-state index is 0.270. The molecule has 0 aliphatic carbocycles. The van der Waals surface area contributed by atoms with E-state index in [9.17, 15) is 4.79 Å². The molecule has 0 aromatic carbocycles. The monoisotopic (exact) mass is 180 g/mol. The van der Waals surface area contributed by atoms with Crippen LogP contribution in [0.5, 0.6) is 0 Å². The number of rotatable bonds is 1. The molecule has 12 heavy (non-hydrogen) atoms. The molecule has 0 amide bonds. The first-order valence-electron chi connectivity index (χ1n) is 3.40. The van der Waals surface area contributed by atoms with E-state index in [1.165, 1.54) is 0 Å². The van der Waals surface area contributed by atoms with Crippen molar-refractivity contribution in [2.45, 2.75) is 0 Å². The normalized spacial score (nSPS) is 10.4. The maximum absolute atomic E-state index is 10.4. The van der Waals surface area contributed by atoms with Crippen molar-refractivity contribution in [2.24, 2.45) is 0 Å². The molecule has 0 aliphatic heterocycles. The smallest absolute Gasteiger partial charge is 0.170 e. The molecule has 2 heterocycles. The van der Waals surface area contributed by atoms with Crippen molar-refractivity contribution in [1.29, 1.82) is 0 Å². The highest BCUT2D eigenvalue weighted by atomic mass is 35.5. The van der Waals surface area contributed by atoms with Gasteiger partial charge in [0, 0.05) is 11.6 Å². The van der Waals surface area contributed by atoms with Gasteiger partial charge in [-0.2, -0.15) is 0 Å². The number of H-pyrrole nitrogens is 1. The summed E-state index contributed by atoms with van der Waals surface area (Å²) in [6, 6.07) is 3.56. The van der Waals surface area contributed by atoms with Crippen molar-refractivity contribution in [3.05, 3.63) is 29.0 Å². The summed E-state index contributed by atoms with van der Waals surface area (Å²) in [5.41, 5.74) is 0.952. The molecule has 3 nitrogen and oxygen atoms in total. The van der Waals surface area contributed by atoms with Gasteiger partial charge < -0.3 is 4.98 Å². The zero-order chi connectivity index (χ0) is 8.55. The number of aromatic nitrogens is 2. The van der Waals surface area contributed by atoms with Crippen LogP contribution in [0.25, 0.3) is 11.0 Å². The maximum atomic E-state index is 10.4. The van der Waals surface area contributed by atoms with Crippen LogP contribution in [0.1, 0.15) is 10.5 Å². The van der Waals surface area contributed by atoms with Crippen molar-refractivity contribution >= 4 is 28.9 Å². The van der Waals surface area contributed by atoms with Crippen LogP contribution in [0.2, 0.25) is 5.02 Å². The minimum atomic E-state index is 0.270. The van der Waals surface area contributed by atoms with E-state index in [2.05, 4.69) is 9.97 Å².